The fraction of sp³-hybridized carbons (Fsp3) is 0.462. The lowest BCUT2D eigenvalue weighted by molar-refractivity contribution is 0.107. The number of ether oxygens (including phenoxy) is 1. The second-order valence-electron chi connectivity index (χ2n) is 4.38. The quantitative estimate of drug-likeness (QED) is 0.816. The molecule has 1 atom stereocenters. The van der Waals surface area contributed by atoms with Crippen LogP contribution in [-0.4, -0.2) is 24.2 Å². The number of benzene rings is 1. The van der Waals surface area contributed by atoms with E-state index in [1.165, 1.54) is 6.42 Å². The van der Waals surface area contributed by atoms with Crippen LogP contribution >= 0.6 is 23.8 Å². The molecule has 0 spiro atoms. The molecule has 98 valence electrons. The highest BCUT2D eigenvalue weighted by atomic mass is 35.5. The van der Waals surface area contributed by atoms with Gasteiger partial charge in [-0.05, 0) is 31.4 Å². The van der Waals surface area contributed by atoms with E-state index < -0.39 is 0 Å². The minimum absolute atomic E-state index is 0.320. The van der Waals surface area contributed by atoms with Gasteiger partial charge >= 0.3 is 0 Å². The molecule has 0 aromatic heterocycles. The summed E-state index contributed by atoms with van der Waals surface area (Å²) in [6.45, 7) is 1.72. The van der Waals surface area contributed by atoms with Crippen LogP contribution in [0.1, 0.15) is 24.8 Å². The number of anilines is 1. The normalized spacial score (nSPS) is 18.8. The standard InChI is InChI=1S/C13H17ClN2OS/c14-10-4-1-5-11(12(10)13(15)18)16-7-6-9-3-2-8-17-9/h1,4-5,9,16H,2-3,6-8H2,(H2,15,18). The first kappa shape index (κ1) is 13.6. The summed E-state index contributed by atoms with van der Waals surface area (Å²) in [6, 6.07) is 5.62. The first-order valence-electron chi connectivity index (χ1n) is 6.12. The Hall–Kier alpha value is -0.840. The van der Waals surface area contributed by atoms with E-state index in [1.54, 1.807) is 6.07 Å². The first-order valence-corrected chi connectivity index (χ1v) is 6.91. The number of hydrogen-bond acceptors (Lipinski definition) is 3. The lowest BCUT2D eigenvalue weighted by atomic mass is 10.1. The van der Waals surface area contributed by atoms with Gasteiger partial charge in [-0.2, -0.15) is 0 Å². The molecule has 1 aliphatic heterocycles. The van der Waals surface area contributed by atoms with E-state index >= 15 is 0 Å². The van der Waals surface area contributed by atoms with Crippen LogP contribution < -0.4 is 11.1 Å². The minimum atomic E-state index is 0.320. The van der Waals surface area contributed by atoms with Gasteiger partial charge in [0.1, 0.15) is 4.99 Å². The molecular formula is C13H17ClN2OS. The molecule has 1 heterocycles. The van der Waals surface area contributed by atoms with Gasteiger partial charge in [-0.3, -0.25) is 0 Å². The highest BCUT2D eigenvalue weighted by Gasteiger charge is 2.15. The van der Waals surface area contributed by atoms with Crippen molar-refractivity contribution < 1.29 is 4.74 Å². The SMILES string of the molecule is NC(=S)c1c(Cl)cccc1NCCC1CCCO1. The van der Waals surface area contributed by atoms with Crippen molar-refractivity contribution in [2.24, 2.45) is 5.73 Å². The smallest absolute Gasteiger partial charge is 0.107 e. The van der Waals surface area contributed by atoms with E-state index in [2.05, 4.69) is 5.32 Å². The maximum Gasteiger partial charge on any atom is 0.107 e. The molecule has 1 fully saturated rings. The van der Waals surface area contributed by atoms with Crippen molar-refractivity contribution in [2.75, 3.05) is 18.5 Å². The Kier molecular flexibility index (Phi) is 4.80. The number of halogens is 1. The molecule has 3 N–H and O–H groups in total. The van der Waals surface area contributed by atoms with Gasteiger partial charge in [0.05, 0.1) is 16.7 Å². The number of hydrogen-bond donors (Lipinski definition) is 2. The van der Waals surface area contributed by atoms with E-state index in [0.717, 1.165) is 37.2 Å². The molecule has 0 radical (unpaired) electrons. The van der Waals surface area contributed by atoms with Crippen LogP contribution in [0, 0.1) is 0 Å². The molecule has 3 nitrogen and oxygen atoms in total. The Morgan fingerprint density at radius 2 is 2.39 bits per heavy atom. The summed E-state index contributed by atoms with van der Waals surface area (Å²) in [5.41, 5.74) is 7.31. The minimum Gasteiger partial charge on any atom is -0.389 e. The van der Waals surface area contributed by atoms with Crippen LogP contribution in [0.5, 0.6) is 0 Å². The average molecular weight is 285 g/mol. The van der Waals surface area contributed by atoms with Gasteiger partial charge in [0.25, 0.3) is 0 Å². The summed E-state index contributed by atoms with van der Waals surface area (Å²) < 4.78 is 5.58. The van der Waals surface area contributed by atoms with E-state index in [4.69, 9.17) is 34.3 Å². The summed E-state index contributed by atoms with van der Waals surface area (Å²) in [4.78, 5) is 0.320. The van der Waals surface area contributed by atoms with Gasteiger partial charge in [0, 0.05) is 18.8 Å². The molecule has 1 aromatic rings. The number of thiocarbonyl (C=S) groups is 1. The molecule has 0 bridgehead atoms. The Morgan fingerprint density at radius 1 is 1.56 bits per heavy atom. The summed E-state index contributed by atoms with van der Waals surface area (Å²) in [5.74, 6) is 0. The van der Waals surface area contributed by atoms with E-state index in [-0.39, 0.29) is 0 Å². The molecule has 2 rings (SSSR count). The third kappa shape index (κ3) is 3.34. The van der Waals surface area contributed by atoms with E-state index in [1.807, 2.05) is 12.1 Å². The van der Waals surface area contributed by atoms with Crippen LogP contribution in [0.2, 0.25) is 5.02 Å². The van der Waals surface area contributed by atoms with Crippen molar-refractivity contribution in [1.29, 1.82) is 0 Å². The highest BCUT2D eigenvalue weighted by Crippen LogP contribution is 2.24. The molecular weight excluding hydrogens is 268 g/mol. The lowest BCUT2D eigenvalue weighted by Crippen LogP contribution is -2.17. The molecule has 1 aliphatic rings. The second kappa shape index (κ2) is 6.36. The van der Waals surface area contributed by atoms with Gasteiger partial charge < -0.3 is 15.8 Å². The Bertz CT molecular complexity index is 433. The molecule has 5 heteroatoms. The van der Waals surface area contributed by atoms with Crippen LogP contribution in [0.15, 0.2) is 18.2 Å². The molecule has 18 heavy (non-hydrogen) atoms. The zero-order chi connectivity index (χ0) is 13.0. The van der Waals surface area contributed by atoms with Gasteiger partial charge in [-0.15, -0.1) is 0 Å². The zero-order valence-electron chi connectivity index (χ0n) is 10.1. The van der Waals surface area contributed by atoms with Crippen molar-refractivity contribution in [2.45, 2.75) is 25.4 Å². The molecule has 1 aromatic carbocycles. The molecule has 0 aliphatic carbocycles. The first-order chi connectivity index (χ1) is 8.68. The van der Waals surface area contributed by atoms with Crippen molar-refractivity contribution in [1.82, 2.24) is 0 Å². The molecule has 0 amide bonds. The largest absolute Gasteiger partial charge is 0.389 e. The van der Waals surface area contributed by atoms with Gasteiger partial charge in [-0.1, -0.05) is 29.9 Å². The average Bonchev–Trinajstić information content (AvgIpc) is 2.81. The van der Waals surface area contributed by atoms with Gasteiger partial charge in [-0.25, -0.2) is 0 Å². The summed E-state index contributed by atoms with van der Waals surface area (Å²) in [5, 5.41) is 3.92. The van der Waals surface area contributed by atoms with Crippen LogP contribution in [0.3, 0.4) is 0 Å². The second-order valence-corrected chi connectivity index (χ2v) is 5.22. The molecule has 1 saturated heterocycles. The third-order valence-electron chi connectivity index (χ3n) is 3.07. The number of rotatable bonds is 5. The Labute approximate surface area is 118 Å². The third-order valence-corrected chi connectivity index (χ3v) is 3.58. The maximum absolute atomic E-state index is 6.10. The summed E-state index contributed by atoms with van der Waals surface area (Å²) >= 11 is 11.1. The fourth-order valence-corrected chi connectivity index (χ4v) is 2.71. The Morgan fingerprint density at radius 3 is 3.06 bits per heavy atom. The van der Waals surface area contributed by atoms with Gasteiger partial charge in [0.2, 0.25) is 0 Å². The maximum atomic E-state index is 6.10. The van der Waals surface area contributed by atoms with Gasteiger partial charge in [0.15, 0.2) is 0 Å². The zero-order valence-corrected chi connectivity index (χ0v) is 11.7. The van der Waals surface area contributed by atoms with Crippen LogP contribution in [0.25, 0.3) is 0 Å². The predicted molar refractivity (Wildman–Crippen MR) is 79.4 cm³/mol. The highest BCUT2D eigenvalue weighted by molar-refractivity contribution is 7.80. The monoisotopic (exact) mass is 284 g/mol. The van der Waals surface area contributed by atoms with Crippen molar-refractivity contribution in [3.8, 4) is 0 Å². The van der Waals surface area contributed by atoms with E-state index in [0.29, 0.717) is 16.1 Å². The van der Waals surface area contributed by atoms with Crippen LogP contribution in [0.4, 0.5) is 5.69 Å². The van der Waals surface area contributed by atoms with E-state index in [9.17, 15) is 0 Å². The molecule has 1 unspecified atom stereocenters. The topological polar surface area (TPSA) is 47.3 Å². The van der Waals surface area contributed by atoms with Crippen molar-refractivity contribution in [3.63, 3.8) is 0 Å². The predicted octanol–water partition coefficient (Wildman–Crippen LogP) is 2.96. The van der Waals surface area contributed by atoms with Crippen LogP contribution in [-0.2, 0) is 4.74 Å². The Balaban J connectivity index is 1.96. The summed E-state index contributed by atoms with van der Waals surface area (Å²) in [7, 11) is 0. The number of nitrogens with two attached hydrogens (primary N) is 1. The van der Waals surface area contributed by atoms with Crippen molar-refractivity contribution >= 4 is 34.5 Å². The number of nitrogens with one attached hydrogen (secondary N) is 1. The fourth-order valence-electron chi connectivity index (χ4n) is 2.16. The molecule has 0 saturated carbocycles. The summed E-state index contributed by atoms with van der Waals surface area (Å²) in [6.07, 6.45) is 3.69. The van der Waals surface area contributed by atoms with Crippen molar-refractivity contribution in [3.05, 3.63) is 28.8 Å². The lowest BCUT2D eigenvalue weighted by Gasteiger charge is -2.14.